The molecule has 1 aromatic carbocycles. The maximum absolute atomic E-state index is 12.0. The van der Waals surface area contributed by atoms with Crippen molar-refractivity contribution < 1.29 is 8.42 Å². The summed E-state index contributed by atoms with van der Waals surface area (Å²) in [4.78, 5) is 0.914. The molecule has 0 spiro atoms. The van der Waals surface area contributed by atoms with Gasteiger partial charge in [0, 0.05) is 6.42 Å². The van der Waals surface area contributed by atoms with Gasteiger partial charge in [-0.3, -0.25) is 0 Å². The second-order valence-corrected chi connectivity index (χ2v) is 7.58. The molecule has 1 aromatic rings. The Morgan fingerprint density at radius 3 is 2.68 bits per heavy atom. The zero-order valence-electron chi connectivity index (χ0n) is 11.4. The highest BCUT2D eigenvalue weighted by molar-refractivity contribution is 7.91. The highest BCUT2D eigenvalue weighted by Gasteiger charge is 2.14. The van der Waals surface area contributed by atoms with Crippen LogP contribution < -0.4 is 5.73 Å². The van der Waals surface area contributed by atoms with E-state index in [9.17, 15) is 8.42 Å². The van der Waals surface area contributed by atoms with Gasteiger partial charge in [-0.1, -0.05) is 38.2 Å². The van der Waals surface area contributed by atoms with Crippen LogP contribution in [0.15, 0.2) is 29.2 Å². The molecule has 19 heavy (non-hydrogen) atoms. The maximum atomic E-state index is 12.0. The van der Waals surface area contributed by atoms with Crippen LogP contribution in [0.3, 0.4) is 0 Å². The van der Waals surface area contributed by atoms with Crippen molar-refractivity contribution in [2.45, 2.75) is 38.0 Å². The van der Waals surface area contributed by atoms with E-state index in [1.54, 1.807) is 18.2 Å². The van der Waals surface area contributed by atoms with Gasteiger partial charge >= 0.3 is 0 Å². The van der Waals surface area contributed by atoms with E-state index in [0.717, 1.165) is 12.0 Å². The molecule has 0 radical (unpaired) electrons. The first kappa shape index (κ1) is 16.1. The molecule has 2 N–H and O–H groups in total. The fraction of sp³-hybridized carbons (Fsp3) is 0.500. The second-order valence-electron chi connectivity index (χ2n) is 4.95. The van der Waals surface area contributed by atoms with E-state index in [1.807, 2.05) is 13.0 Å². The van der Waals surface area contributed by atoms with E-state index >= 15 is 0 Å². The number of nitrogens with two attached hydrogens (primary N) is 1. The zero-order valence-corrected chi connectivity index (χ0v) is 13.1. The average Bonchev–Trinajstić information content (AvgIpc) is 2.28. The number of thiocarbonyl (C=S) groups is 1. The van der Waals surface area contributed by atoms with Crippen LogP contribution in [0.1, 0.15) is 32.3 Å². The van der Waals surface area contributed by atoms with Gasteiger partial charge in [-0.15, -0.1) is 0 Å². The normalized spacial score (nSPS) is 13.2. The standard InChI is InChI=1S/C14H21NO2S2/c1-3-7-19(16,17)13-6-4-5-12(10-13)8-11(2)9-14(15)18/h4-6,10-11H,3,7-9H2,1-2H3,(H2,15,18). The first-order valence-corrected chi connectivity index (χ1v) is 8.51. The van der Waals surface area contributed by atoms with Crippen molar-refractivity contribution in [2.75, 3.05) is 5.75 Å². The molecule has 0 aliphatic carbocycles. The lowest BCUT2D eigenvalue weighted by atomic mass is 9.98. The Morgan fingerprint density at radius 1 is 1.42 bits per heavy atom. The predicted octanol–water partition coefficient (Wildman–Crippen LogP) is 2.73. The van der Waals surface area contributed by atoms with Gasteiger partial charge in [-0.2, -0.15) is 0 Å². The summed E-state index contributed by atoms with van der Waals surface area (Å²) in [6, 6.07) is 7.17. The number of benzene rings is 1. The number of rotatable bonds is 7. The largest absolute Gasteiger partial charge is 0.393 e. The van der Waals surface area contributed by atoms with Crippen LogP contribution >= 0.6 is 12.2 Å². The van der Waals surface area contributed by atoms with Gasteiger partial charge in [-0.05, 0) is 36.5 Å². The number of hydrogen-bond acceptors (Lipinski definition) is 3. The molecule has 3 nitrogen and oxygen atoms in total. The molecule has 0 saturated heterocycles. The number of hydrogen-bond donors (Lipinski definition) is 1. The summed E-state index contributed by atoms with van der Waals surface area (Å²) in [5, 5.41) is 0. The van der Waals surface area contributed by atoms with Gasteiger partial charge in [0.15, 0.2) is 9.84 Å². The summed E-state index contributed by atoms with van der Waals surface area (Å²) < 4.78 is 24.0. The lowest BCUT2D eigenvalue weighted by molar-refractivity contribution is 0.592. The summed E-state index contributed by atoms with van der Waals surface area (Å²) in [7, 11) is -3.14. The lowest BCUT2D eigenvalue weighted by Gasteiger charge is -2.11. The first-order chi connectivity index (χ1) is 8.85. The van der Waals surface area contributed by atoms with E-state index in [1.165, 1.54) is 0 Å². The Hall–Kier alpha value is -0.940. The summed E-state index contributed by atoms with van der Waals surface area (Å²) >= 11 is 4.89. The third-order valence-corrected chi connectivity index (χ3v) is 4.95. The van der Waals surface area contributed by atoms with Crippen LogP contribution in [-0.2, 0) is 16.3 Å². The third kappa shape index (κ3) is 5.28. The van der Waals surface area contributed by atoms with E-state index in [2.05, 4.69) is 6.92 Å². The van der Waals surface area contributed by atoms with Gasteiger partial charge in [0.25, 0.3) is 0 Å². The fourth-order valence-corrected chi connectivity index (χ4v) is 3.74. The smallest absolute Gasteiger partial charge is 0.178 e. The summed E-state index contributed by atoms with van der Waals surface area (Å²) in [6.45, 7) is 3.93. The molecular weight excluding hydrogens is 278 g/mol. The number of sulfone groups is 1. The van der Waals surface area contributed by atoms with Crippen LogP contribution in [0.5, 0.6) is 0 Å². The zero-order chi connectivity index (χ0) is 14.5. The molecule has 1 atom stereocenters. The molecule has 0 aromatic heterocycles. The van der Waals surface area contributed by atoms with Gasteiger partial charge in [0.05, 0.1) is 15.6 Å². The first-order valence-electron chi connectivity index (χ1n) is 6.45. The molecule has 0 bridgehead atoms. The summed E-state index contributed by atoms with van der Waals surface area (Å²) in [6.07, 6.45) is 2.10. The molecule has 1 rings (SSSR count). The van der Waals surface area contributed by atoms with Crippen LogP contribution in [0.2, 0.25) is 0 Å². The van der Waals surface area contributed by atoms with Crippen molar-refractivity contribution in [1.29, 1.82) is 0 Å². The van der Waals surface area contributed by atoms with Crippen LogP contribution in [-0.4, -0.2) is 19.2 Å². The van der Waals surface area contributed by atoms with E-state index < -0.39 is 9.84 Å². The van der Waals surface area contributed by atoms with Crippen molar-refractivity contribution in [3.8, 4) is 0 Å². The van der Waals surface area contributed by atoms with Crippen molar-refractivity contribution in [2.24, 2.45) is 11.7 Å². The Balaban J connectivity index is 2.86. The highest BCUT2D eigenvalue weighted by Crippen LogP contribution is 2.18. The van der Waals surface area contributed by atoms with Crippen molar-refractivity contribution >= 4 is 27.0 Å². The molecule has 0 aliphatic heterocycles. The van der Waals surface area contributed by atoms with Crippen LogP contribution in [0, 0.1) is 5.92 Å². The molecule has 0 aliphatic rings. The summed E-state index contributed by atoms with van der Waals surface area (Å²) in [5.74, 6) is 0.514. The van der Waals surface area contributed by atoms with Crippen LogP contribution in [0.4, 0.5) is 0 Å². The van der Waals surface area contributed by atoms with Crippen molar-refractivity contribution in [3.05, 3.63) is 29.8 Å². The Morgan fingerprint density at radius 2 is 2.11 bits per heavy atom. The highest BCUT2D eigenvalue weighted by atomic mass is 32.2. The van der Waals surface area contributed by atoms with Crippen molar-refractivity contribution in [1.82, 2.24) is 0 Å². The molecular formula is C14H21NO2S2. The average molecular weight is 299 g/mol. The van der Waals surface area contributed by atoms with E-state index in [-0.39, 0.29) is 5.75 Å². The Kier molecular flexibility index (Phi) is 5.94. The van der Waals surface area contributed by atoms with Crippen LogP contribution in [0.25, 0.3) is 0 Å². The predicted molar refractivity (Wildman–Crippen MR) is 83.1 cm³/mol. The molecule has 106 valence electrons. The quantitative estimate of drug-likeness (QED) is 0.786. The molecule has 1 unspecified atom stereocenters. The SMILES string of the molecule is CCCS(=O)(=O)c1cccc(CC(C)CC(N)=S)c1. The Labute approximate surface area is 121 Å². The van der Waals surface area contributed by atoms with Gasteiger partial charge in [-0.25, -0.2) is 8.42 Å². The minimum absolute atomic E-state index is 0.193. The van der Waals surface area contributed by atoms with Gasteiger partial charge in [0.1, 0.15) is 0 Å². The third-order valence-electron chi connectivity index (χ3n) is 2.86. The van der Waals surface area contributed by atoms with Gasteiger partial charge in [0.2, 0.25) is 0 Å². The van der Waals surface area contributed by atoms with Gasteiger partial charge < -0.3 is 5.73 Å². The molecule has 0 amide bonds. The summed E-state index contributed by atoms with van der Waals surface area (Å²) in [5.41, 5.74) is 6.54. The lowest BCUT2D eigenvalue weighted by Crippen LogP contribution is -2.14. The molecule has 0 saturated carbocycles. The van der Waals surface area contributed by atoms with E-state index in [4.69, 9.17) is 18.0 Å². The Bertz CT molecular complexity index is 538. The maximum Gasteiger partial charge on any atom is 0.178 e. The minimum atomic E-state index is -3.14. The molecule has 0 heterocycles. The molecule has 0 fully saturated rings. The second kappa shape index (κ2) is 7.01. The fourth-order valence-electron chi connectivity index (χ4n) is 2.07. The van der Waals surface area contributed by atoms with Crippen molar-refractivity contribution in [3.63, 3.8) is 0 Å². The molecule has 5 heteroatoms. The minimum Gasteiger partial charge on any atom is -0.393 e. The van der Waals surface area contributed by atoms with E-state index in [0.29, 0.717) is 28.6 Å². The monoisotopic (exact) mass is 299 g/mol. The topological polar surface area (TPSA) is 60.2 Å².